The molecule has 0 aliphatic heterocycles. The summed E-state index contributed by atoms with van der Waals surface area (Å²) in [6.45, 7) is 0. The maximum atomic E-state index is 12.6. The Morgan fingerprint density at radius 1 is 1.25 bits per heavy atom. The number of thioether (sulfide) groups is 1. The van der Waals surface area contributed by atoms with E-state index in [1.807, 2.05) is 30.5 Å². The average molecular weight is 340 g/mol. The van der Waals surface area contributed by atoms with Gasteiger partial charge in [0.25, 0.3) is 5.78 Å². The molecule has 6 nitrogen and oxygen atoms in total. The van der Waals surface area contributed by atoms with Gasteiger partial charge in [0.05, 0.1) is 18.4 Å². The fraction of sp³-hybridized carbons (Fsp3) is 0.294. The number of ketones is 1. The van der Waals surface area contributed by atoms with Gasteiger partial charge < -0.3 is 4.74 Å². The Labute approximate surface area is 143 Å². The molecule has 1 aromatic carbocycles. The molecule has 0 unspecified atom stereocenters. The lowest BCUT2D eigenvalue weighted by atomic mass is 9.82. The van der Waals surface area contributed by atoms with Crippen LogP contribution in [-0.2, 0) is 6.42 Å². The van der Waals surface area contributed by atoms with Gasteiger partial charge in [-0.3, -0.25) is 4.79 Å². The van der Waals surface area contributed by atoms with Crippen LogP contribution in [0.1, 0.15) is 34.0 Å². The highest BCUT2D eigenvalue weighted by Gasteiger charge is 2.30. The maximum Gasteiger partial charge on any atom is 0.253 e. The molecule has 0 saturated heterocycles. The zero-order valence-electron chi connectivity index (χ0n) is 13.4. The van der Waals surface area contributed by atoms with Crippen molar-refractivity contribution >= 4 is 23.3 Å². The minimum Gasteiger partial charge on any atom is -0.496 e. The van der Waals surface area contributed by atoms with Crippen LogP contribution in [0.25, 0.3) is 5.78 Å². The van der Waals surface area contributed by atoms with Gasteiger partial charge in [0.2, 0.25) is 5.16 Å². The summed E-state index contributed by atoms with van der Waals surface area (Å²) in [5.74, 6) is 1.50. The van der Waals surface area contributed by atoms with Crippen LogP contribution in [-0.4, -0.2) is 38.7 Å². The molecule has 122 valence electrons. The highest BCUT2D eigenvalue weighted by Crippen LogP contribution is 2.36. The van der Waals surface area contributed by atoms with E-state index in [0.717, 1.165) is 17.0 Å². The fourth-order valence-corrected chi connectivity index (χ4v) is 3.52. The van der Waals surface area contributed by atoms with E-state index < -0.39 is 0 Å². The third-order valence-corrected chi connectivity index (χ3v) is 4.86. The summed E-state index contributed by atoms with van der Waals surface area (Å²) < 4.78 is 7.04. The lowest BCUT2D eigenvalue weighted by molar-refractivity contribution is 0.0962. The number of hydrogen-bond donors (Lipinski definition) is 0. The number of ether oxygens (including phenoxy) is 1. The highest BCUT2D eigenvalue weighted by molar-refractivity contribution is 7.98. The van der Waals surface area contributed by atoms with Crippen molar-refractivity contribution in [3.05, 3.63) is 47.3 Å². The smallest absolute Gasteiger partial charge is 0.253 e. The number of Topliss-reactive ketones (excluding diaryl/α,β-unsaturated/α-hetero) is 1. The van der Waals surface area contributed by atoms with Crippen molar-refractivity contribution in [3.63, 3.8) is 0 Å². The predicted octanol–water partition coefficient (Wildman–Crippen LogP) is 2.77. The average Bonchev–Trinajstić information content (AvgIpc) is 3.02. The van der Waals surface area contributed by atoms with Crippen LogP contribution < -0.4 is 4.74 Å². The number of nitrogens with zero attached hydrogens (tertiary/aromatic N) is 4. The number of methoxy groups -OCH3 is 1. The van der Waals surface area contributed by atoms with Gasteiger partial charge in [-0.15, -0.1) is 5.10 Å². The molecule has 0 amide bonds. The highest BCUT2D eigenvalue weighted by atomic mass is 32.2. The number of aromatic nitrogens is 4. The number of carbonyl (C=O) groups is 1. The first-order chi connectivity index (χ1) is 11.7. The molecule has 1 atom stereocenters. The second-order valence-electron chi connectivity index (χ2n) is 5.71. The normalized spacial score (nSPS) is 17.1. The van der Waals surface area contributed by atoms with Crippen molar-refractivity contribution in [2.75, 3.05) is 13.4 Å². The van der Waals surface area contributed by atoms with Gasteiger partial charge in [-0.05, 0) is 24.3 Å². The van der Waals surface area contributed by atoms with Crippen molar-refractivity contribution in [2.24, 2.45) is 0 Å². The van der Waals surface area contributed by atoms with E-state index in [0.29, 0.717) is 29.3 Å². The lowest BCUT2D eigenvalue weighted by Crippen LogP contribution is -2.21. The number of fused-ring (bicyclic) bond motifs is 2. The lowest BCUT2D eigenvalue weighted by Gasteiger charge is -2.24. The van der Waals surface area contributed by atoms with Crippen LogP contribution in [0.2, 0.25) is 0 Å². The molecule has 0 saturated carbocycles. The van der Waals surface area contributed by atoms with Gasteiger partial charge in [0, 0.05) is 18.5 Å². The standard InChI is InChI=1S/C17H16N4O2S/c1-23-15-6-4-3-5-11(15)10-7-13-12(14(22)8-10)9-21-16(18-13)19-17(20-21)24-2/h3-6,9-10H,7-8H2,1-2H3/t10-/m0/s1. The van der Waals surface area contributed by atoms with Crippen molar-refractivity contribution in [3.8, 4) is 5.75 Å². The first kappa shape index (κ1) is 15.1. The molecule has 7 heteroatoms. The van der Waals surface area contributed by atoms with Gasteiger partial charge in [-0.2, -0.15) is 4.98 Å². The Hall–Kier alpha value is -2.41. The molecule has 0 fully saturated rings. The van der Waals surface area contributed by atoms with Crippen LogP contribution >= 0.6 is 11.8 Å². The van der Waals surface area contributed by atoms with Gasteiger partial charge >= 0.3 is 0 Å². The van der Waals surface area contributed by atoms with E-state index in [9.17, 15) is 4.79 Å². The molecule has 0 spiro atoms. The van der Waals surface area contributed by atoms with Crippen molar-refractivity contribution in [2.45, 2.75) is 23.9 Å². The summed E-state index contributed by atoms with van der Waals surface area (Å²) in [7, 11) is 1.65. The van der Waals surface area contributed by atoms with E-state index in [-0.39, 0.29) is 11.7 Å². The van der Waals surface area contributed by atoms with E-state index in [1.165, 1.54) is 11.8 Å². The molecule has 2 heterocycles. The molecule has 3 aromatic rings. The molecule has 0 radical (unpaired) electrons. The monoisotopic (exact) mass is 340 g/mol. The first-order valence-electron chi connectivity index (χ1n) is 7.66. The Morgan fingerprint density at radius 3 is 2.88 bits per heavy atom. The fourth-order valence-electron chi connectivity index (χ4n) is 3.17. The Morgan fingerprint density at radius 2 is 2.08 bits per heavy atom. The second-order valence-corrected chi connectivity index (χ2v) is 6.49. The number of para-hydroxylation sites is 1. The van der Waals surface area contributed by atoms with Crippen LogP contribution in [0.5, 0.6) is 5.75 Å². The predicted molar refractivity (Wildman–Crippen MR) is 90.9 cm³/mol. The molecule has 1 aliphatic carbocycles. The summed E-state index contributed by atoms with van der Waals surface area (Å²) in [6.07, 6.45) is 4.81. The Kier molecular flexibility index (Phi) is 3.72. The minimum absolute atomic E-state index is 0.0686. The summed E-state index contributed by atoms with van der Waals surface area (Å²) in [5.41, 5.74) is 2.48. The zero-order valence-corrected chi connectivity index (χ0v) is 14.2. The third kappa shape index (κ3) is 2.45. The summed E-state index contributed by atoms with van der Waals surface area (Å²) in [5, 5.41) is 4.96. The largest absolute Gasteiger partial charge is 0.496 e. The van der Waals surface area contributed by atoms with Crippen molar-refractivity contribution in [1.29, 1.82) is 0 Å². The molecule has 0 bridgehead atoms. The topological polar surface area (TPSA) is 69.4 Å². The van der Waals surface area contributed by atoms with E-state index >= 15 is 0 Å². The molecular weight excluding hydrogens is 324 g/mol. The Bertz CT molecular complexity index is 937. The van der Waals surface area contributed by atoms with Crippen LogP contribution in [0.3, 0.4) is 0 Å². The van der Waals surface area contributed by atoms with Crippen LogP contribution in [0, 0.1) is 0 Å². The van der Waals surface area contributed by atoms with Crippen molar-refractivity contribution in [1.82, 2.24) is 19.6 Å². The van der Waals surface area contributed by atoms with Crippen LogP contribution in [0.4, 0.5) is 0 Å². The number of hydrogen-bond acceptors (Lipinski definition) is 6. The zero-order chi connectivity index (χ0) is 16.7. The molecule has 4 rings (SSSR count). The van der Waals surface area contributed by atoms with Gasteiger partial charge in [-0.25, -0.2) is 9.50 Å². The quantitative estimate of drug-likeness (QED) is 0.683. The molecule has 24 heavy (non-hydrogen) atoms. The summed E-state index contributed by atoms with van der Waals surface area (Å²) in [4.78, 5) is 21.6. The Balaban J connectivity index is 1.77. The van der Waals surface area contributed by atoms with E-state index in [1.54, 1.807) is 17.8 Å². The van der Waals surface area contributed by atoms with E-state index in [4.69, 9.17) is 4.74 Å². The SMILES string of the molecule is COc1ccccc1[C@@H]1CC(=O)c2cn3nc(SC)nc3nc2C1. The van der Waals surface area contributed by atoms with Gasteiger partial charge in [0.1, 0.15) is 5.75 Å². The van der Waals surface area contributed by atoms with Crippen LogP contribution in [0.15, 0.2) is 35.6 Å². The first-order valence-corrected chi connectivity index (χ1v) is 8.88. The minimum atomic E-state index is 0.0686. The second kappa shape index (κ2) is 5.90. The molecule has 2 aromatic heterocycles. The van der Waals surface area contributed by atoms with Crippen molar-refractivity contribution < 1.29 is 9.53 Å². The number of rotatable bonds is 3. The summed E-state index contributed by atoms with van der Waals surface area (Å²) >= 11 is 1.46. The molecule has 1 aliphatic rings. The van der Waals surface area contributed by atoms with Gasteiger partial charge in [0.15, 0.2) is 5.78 Å². The molecular formula is C17H16N4O2S. The third-order valence-electron chi connectivity index (χ3n) is 4.32. The van der Waals surface area contributed by atoms with Gasteiger partial charge in [-0.1, -0.05) is 30.0 Å². The van der Waals surface area contributed by atoms with E-state index in [2.05, 4.69) is 15.1 Å². The maximum absolute atomic E-state index is 12.6. The number of carbonyl (C=O) groups excluding carboxylic acids is 1. The summed E-state index contributed by atoms with van der Waals surface area (Å²) in [6, 6.07) is 7.85. The number of benzene rings is 1. The molecule has 0 N–H and O–H groups in total.